The SMILES string of the molecule is CC1(C)OB(c2cn(COCC[Si](C)(C)C)c3ncccc23)OC1(C)C. The minimum Gasteiger partial charge on any atom is -0.399 e. The molecule has 26 heavy (non-hydrogen) atoms. The van der Waals surface area contributed by atoms with E-state index in [0.717, 1.165) is 29.1 Å². The Hall–Kier alpha value is -1.15. The van der Waals surface area contributed by atoms with Crippen molar-refractivity contribution in [2.45, 2.75) is 71.3 Å². The summed E-state index contributed by atoms with van der Waals surface area (Å²) in [6, 6.07) is 5.18. The van der Waals surface area contributed by atoms with Gasteiger partial charge in [0, 0.05) is 37.9 Å². The van der Waals surface area contributed by atoms with Crippen LogP contribution in [0.4, 0.5) is 0 Å². The van der Waals surface area contributed by atoms with Crippen molar-refractivity contribution in [3.05, 3.63) is 24.5 Å². The molecule has 3 rings (SSSR count). The van der Waals surface area contributed by atoms with Gasteiger partial charge in [0.2, 0.25) is 0 Å². The zero-order chi connectivity index (χ0) is 19.2. The Kier molecular flexibility index (Phi) is 5.12. The van der Waals surface area contributed by atoms with Gasteiger partial charge >= 0.3 is 7.12 Å². The first-order valence-corrected chi connectivity index (χ1v) is 13.1. The highest BCUT2D eigenvalue weighted by atomic mass is 28.3. The van der Waals surface area contributed by atoms with E-state index in [2.05, 4.69) is 69.2 Å². The van der Waals surface area contributed by atoms with Crippen LogP contribution in [0.3, 0.4) is 0 Å². The summed E-state index contributed by atoms with van der Waals surface area (Å²) in [5.41, 5.74) is 1.20. The van der Waals surface area contributed by atoms with Crippen LogP contribution < -0.4 is 5.46 Å². The fourth-order valence-corrected chi connectivity index (χ4v) is 3.70. The van der Waals surface area contributed by atoms with Gasteiger partial charge in [0.15, 0.2) is 0 Å². The van der Waals surface area contributed by atoms with Crippen molar-refractivity contribution >= 4 is 31.7 Å². The summed E-state index contributed by atoms with van der Waals surface area (Å²) in [6.45, 7) is 16.7. The van der Waals surface area contributed by atoms with Gasteiger partial charge in [-0.2, -0.15) is 0 Å². The molecule has 0 amide bonds. The molecule has 2 aromatic rings. The van der Waals surface area contributed by atoms with Crippen molar-refractivity contribution in [2.75, 3.05) is 6.61 Å². The second-order valence-corrected chi connectivity index (χ2v) is 15.0. The molecule has 0 N–H and O–H groups in total. The average Bonchev–Trinajstić information content (AvgIpc) is 2.98. The van der Waals surface area contributed by atoms with Gasteiger partial charge in [0.25, 0.3) is 0 Å². The zero-order valence-corrected chi connectivity index (χ0v) is 18.1. The molecule has 5 nitrogen and oxygen atoms in total. The van der Waals surface area contributed by atoms with Gasteiger partial charge in [-0.3, -0.25) is 0 Å². The standard InChI is InChI=1S/C19H31BN2O3Si/c1-18(2)19(3,4)25-20(24-18)16-13-22(14-23-11-12-26(5,6)7)17-15(16)9-8-10-21-17/h8-10,13H,11-12,14H2,1-7H3. The summed E-state index contributed by atoms with van der Waals surface area (Å²) in [4.78, 5) is 4.55. The molecule has 1 aliphatic heterocycles. The molecule has 2 aromatic heterocycles. The first kappa shape index (κ1) is 19.6. The third kappa shape index (κ3) is 3.91. The maximum Gasteiger partial charge on any atom is 0.497 e. The maximum atomic E-state index is 6.24. The van der Waals surface area contributed by atoms with Crippen molar-refractivity contribution in [2.24, 2.45) is 0 Å². The van der Waals surface area contributed by atoms with E-state index in [1.54, 1.807) is 0 Å². The van der Waals surface area contributed by atoms with Crippen molar-refractivity contribution in [3.8, 4) is 0 Å². The minimum atomic E-state index is -1.09. The molecule has 0 radical (unpaired) electrons. The molecular weight excluding hydrogens is 343 g/mol. The Balaban J connectivity index is 1.82. The van der Waals surface area contributed by atoms with Crippen LogP contribution in [0.1, 0.15) is 27.7 Å². The van der Waals surface area contributed by atoms with Crippen LogP contribution in [0.2, 0.25) is 25.7 Å². The van der Waals surface area contributed by atoms with Gasteiger partial charge in [0.1, 0.15) is 12.4 Å². The lowest BCUT2D eigenvalue weighted by molar-refractivity contribution is 0.00578. The second kappa shape index (κ2) is 6.78. The molecule has 0 spiro atoms. The first-order chi connectivity index (χ1) is 12.0. The van der Waals surface area contributed by atoms with Crippen LogP contribution in [-0.4, -0.2) is 42.6 Å². The van der Waals surface area contributed by atoms with E-state index in [9.17, 15) is 0 Å². The fourth-order valence-electron chi connectivity index (χ4n) is 2.95. The average molecular weight is 374 g/mol. The Morgan fingerprint density at radius 1 is 1.15 bits per heavy atom. The Morgan fingerprint density at radius 2 is 1.81 bits per heavy atom. The molecule has 0 unspecified atom stereocenters. The van der Waals surface area contributed by atoms with E-state index < -0.39 is 15.2 Å². The van der Waals surface area contributed by atoms with Crippen LogP contribution in [0.5, 0.6) is 0 Å². The van der Waals surface area contributed by atoms with E-state index in [-0.39, 0.29) is 11.2 Å². The molecule has 1 fully saturated rings. The number of aromatic nitrogens is 2. The summed E-state index contributed by atoms with van der Waals surface area (Å²) in [5.74, 6) is 0. The molecule has 0 bridgehead atoms. The third-order valence-electron chi connectivity index (χ3n) is 5.40. The number of ether oxygens (including phenoxy) is 1. The van der Waals surface area contributed by atoms with Gasteiger partial charge in [-0.05, 0) is 39.8 Å². The van der Waals surface area contributed by atoms with Gasteiger partial charge in [-0.25, -0.2) is 4.98 Å². The highest BCUT2D eigenvalue weighted by molar-refractivity contribution is 6.76. The van der Waals surface area contributed by atoms with E-state index in [0.29, 0.717) is 6.73 Å². The lowest BCUT2D eigenvalue weighted by Gasteiger charge is -2.32. The summed E-state index contributed by atoms with van der Waals surface area (Å²) >= 11 is 0. The molecule has 1 saturated heterocycles. The molecule has 0 aliphatic carbocycles. The third-order valence-corrected chi connectivity index (χ3v) is 7.10. The predicted molar refractivity (Wildman–Crippen MR) is 110 cm³/mol. The lowest BCUT2D eigenvalue weighted by atomic mass is 9.79. The second-order valence-electron chi connectivity index (χ2n) is 9.37. The van der Waals surface area contributed by atoms with Crippen LogP contribution in [0, 0.1) is 0 Å². The highest BCUT2D eigenvalue weighted by Crippen LogP contribution is 2.37. The number of fused-ring (bicyclic) bond motifs is 1. The van der Waals surface area contributed by atoms with E-state index >= 15 is 0 Å². The largest absolute Gasteiger partial charge is 0.497 e. The Morgan fingerprint density at radius 3 is 2.42 bits per heavy atom. The highest BCUT2D eigenvalue weighted by Gasteiger charge is 2.52. The molecule has 7 heteroatoms. The Labute approximate surface area is 158 Å². The quantitative estimate of drug-likeness (QED) is 0.572. The summed E-state index contributed by atoms with van der Waals surface area (Å²) < 4.78 is 20.5. The number of hydrogen-bond donors (Lipinski definition) is 0. The van der Waals surface area contributed by atoms with Crippen molar-refractivity contribution in [1.82, 2.24) is 9.55 Å². The van der Waals surface area contributed by atoms with Gasteiger partial charge < -0.3 is 18.6 Å². The molecular formula is C19H31BN2O3Si. The zero-order valence-electron chi connectivity index (χ0n) is 17.1. The summed E-state index contributed by atoms with van der Waals surface area (Å²) in [6.07, 6.45) is 3.88. The number of hydrogen-bond acceptors (Lipinski definition) is 4. The molecule has 1 aliphatic rings. The Bertz CT molecular complexity index is 767. The van der Waals surface area contributed by atoms with Crippen molar-refractivity contribution in [3.63, 3.8) is 0 Å². The van der Waals surface area contributed by atoms with Crippen molar-refractivity contribution < 1.29 is 14.0 Å². The van der Waals surface area contributed by atoms with Crippen LogP contribution in [-0.2, 0) is 20.8 Å². The molecule has 3 heterocycles. The van der Waals surface area contributed by atoms with E-state index in [1.165, 1.54) is 0 Å². The smallest absolute Gasteiger partial charge is 0.399 e. The van der Waals surface area contributed by atoms with Crippen LogP contribution in [0.25, 0.3) is 11.0 Å². The fraction of sp³-hybridized carbons (Fsp3) is 0.632. The van der Waals surface area contributed by atoms with Crippen LogP contribution >= 0.6 is 0 Å². The number of rotatable bonds is 6. The van der Waals surface area contributed by atoms with Gasteiger partial charge in [-0.1, -0.05) is 25.7 Å². The summed E-state index contributed by atoms with van der Waals surface area (Å²) in [7, 11) is -1.48. The van der Waals surface area contributed by atoms with Gasteiger partial charge in [0.05, 0.1) is 11.2 Å². The lowest BCUT2D eigenvalue weighted by Crippen LogP contribution is -2.41. The minimum absolute atomic E-state index is 0.359. The predicted octanol–water partition coefficient (Wildman–Crippen LogP) is 3.65. The topological polar surface area (TPSA) is 45.5 Å². The summed E-state index contributed by atoms with van der Waals surface area (Å²) in [5, 5.41) is 1.06. The number of nitrogens with zero attached hydrogens (tertiary/aromatic N) is 2. The maximum absolute atomic E-state index is 6.24. The molecule has 0 saturated carbocycles. The van der Waals surface area contributed by atoms with Gasteiger partial charge in [-0.15, -0.1) is 0 Å². The molecule has 142 valence electrons. The van der Waals surface area contributed by atoms with E-state index in [4.69, 9.17) is 14.0 Å². The van der Waals surface area contributed by atoms with E-state index in [1.807, 2.05) is 12.3 Å². The normalized spacial score (nSPS) is 19.4. The number of pyridine rings is 1. The first-order valence-electron chi connectivity index (χ1n) is 9.37. The van der Waals surface area contributed by atoms with Crippen molar-refractivity contribution in [1.29, 1.82) is 0 Å². The molecule has 0 atom stereocenters. The monoisotopic (exact) mass is 374 g/mol. The van der Waals surface area contributed by atoms with Crippen LogP contribution in [0.15, 0.2) is 24.5 Å². The molecule has 0 aromatic carbocycles.